The van der Waals surface area contributed by atoms with Gasteiger partial charge in [-0.1, -0.05) is 13.2 Å². The van der Waals surface area contributed by atoms with E-state index in [1.807, 2.05) is 0 Å². The van der Waals surface area contributed by atoms with Crippen LogP contribution in [-0.2, 0) is 9.59 Å². The Bertz CT molecular complexity index is 288. The highest BCUT2D eigenvalue weighted by Gasteiger charge is 2.14. The van der Waals surface area contributed by atoms with Gasteiger partial charge in [-0.15, -0.1) is 0 Å². The van der Waals surface area contributed by atoms with E-state index < -0.39 is 23.6 Å². The Hall–Kier alpha value is -1.66. The van der Waals surface area contributed by atoms with E-state index in [2.05, 4.69) is 13.2 Å². The van der Waals surface area contributed by atoms with Crippen molar-refractivity contribution in [2.45, 2.75) is 52.7 Å². The first-order chi connectivity index (χ1) is 8.70. The van der Waals surface area contributed by atoms with Gasteiger partial charge >= 0.3 is 11.9 Å². The van der Waals surface area contributed by atoms with E-state index in [1.54, 1.807) is 20.8 Å². The SMILES string of the molecule is C=C(C)C(=O)O.C=C(C)C(=O)O.CC(O)CC(C)(C)O. The summed E-state index contributed by atoms with van der Waals surface area (Å²) in [6.45, 7) is 14.2. The Morgan fingerprint density at radius 1 is 1.05 bits per heavy atom. The van der Waals surface area contributed by atoms with Crippen LogP contribution in [0.4, 0.5) is 0 Å². The lowest BCUT2D eigenvalue weighted by Crippen LogP contribution is -2.24. The quantitative estimate of drug-likeness (QED) is 0.587. The Morgan fingerprint density at radius 2 is 1.25 bits per heavy atom. The lowest BCUT2D eigenvalue weighted by molar-refractivity contribution is -0.133. The highest BCUT2D eigenvalue weighted by Crippen LogP contribution is 2.09. The van der Waals surface area contributed by atoms with E-state index in [4.69, 9.17) is 20.4 Å². The fourth-order valence-corrected chi connectivity index (χ4v) is 0.723. The molecule has 118 valence electrons. The van der Waals surface area contributed by atoms with Gasteiger partial charge in [-0.05, 0) is 34.6 Å². The third-order valence-corrected chi connectivity index (χ3v) is 1.53. The highest BCUT2D eigenvalue weighted by molar-refractivity contribution is 5.85. The lowest BCUT2D eigenvalue weighted by Gasteiger charge is -2.17. The summed E-state index contributed by atoms with van der Waals surface area (Å²) in [6.07, 6.45) is 0.0301. The van der Waals surface area contributed by atoms with E-state index in [-0.39, 0.29) is 11.1 Å². The van der Waals surface area contributed by atoms with Crippen LogP contribution in [0.5, 0.6) is 0 Å². The van der Waals surface area contributed by atoms with Gasteiger partial charge in [-0.3, -0.25) is 0 Å². The Kier molecular flexibility index (Phi) is 13.1. The molecule has 0 amide bonds. The minimum absolute atomic E-state index is 0.176. The van der Waals surface area contributed by atoms with Gasteiger partial charge in [-0.25, -0.2) is 9.59 Å². The first-order valence-electron chi connectivity index (χ1n) is 5.88. The summed E-state index contributed by atoms with van der Waals surface area (Å²) in [5.74, 6) is -1.87. The fourth-order valence-electron chi connectivity index (χ4n) is 0.723. The first-order valence-corrected chi connectivity index (χ1v) is 5.88. The molecule has 0 radical (unpaired) electrons. The number of aliphatic hydroxyl groups excluding tert-OH is 1. The molecule has 0 aromatic rings. The molecule has 4 N–H and O–H groups in total. The van der Waals surface area contributed by atoms with Gasteiger partial charge in [-0.2, -0.15) is 0 Å². The van der Waals surface area contributed by atoms with Gasteiger partial charge < -0.3 is 20.4 Å². The molecule has 6 heteroatoms. The number of hydrogen-bond acceptors (Lipinski definition) is 4. The number of hydrogen-bond donors (Lipinski definition) is 4. The molecule has 1 atom stereocenters. The van der Waals surface area contributed by atoms with Gasteiger partial charge in [0.05, 0.1) is 11.7 Å². The van der Waals surface area contributed by atoms with Crippen LogP contribution in [0.1, 0.15) is 41.0 Å². The fraction of sp³-hybridized carbons (Fsp3) is 0.571. The minimum atomic E-state index is -0.935. The summed E-state index contributed by atoms with van der Waals surface area (Å²) in [4.78, 5) is 19.2. The molecular weight excluding hydrogens is 264 g/mol. The van der Waals surface area contributed by atoms with Crippen LogP contribution in [0.25, 0.3) is 0 Å². The molecule has 0 saturated carbocycles. The first kappa shape index (κ1) is 23.4. The molecule has 0 aromatic heterocycles. The van der Waals surface area contributed by atoms with Crippen molar-refractivity contribution in [1.82, 2.24) is 0 Å². The van der Waals surface area contributed by atoms with Crippen LogP contribution >= 0.6 is 0 Å². The summed E-state index contributed by atoms with van der Waals surface area (Å²) in [7, 11) is 0. The molecular formula is C14H26O6. The van der Waals surface area contributed by atoms with Crippen molar-refractivity contribution in [1.29, 1.82) is 0 Å². The molecule has 0 rings (SSSR count). The second-order valence-electron chi connectivity index (χ2n) is 5.04. The van der Waals surface area contributed by atoms with Crippen LogP contribution in [0.3, 0.4) is 0 Å². The zero-order valence-electron chi connectivity index (χ0n) is 12.8. The Labute approximate surface area is 120 Å². The smallest absolute Gasteiger partial charge is 0.330 e. The molecule has 6 nitrogen and oxygen atoms in total. The van der Waals surface area contributed by atoms with E-state index in [1.165, 1.54) is 13.8 Å². The summed E-state index contributed by atoms with van der Waals surface area (Å²) in [6, 6.07) is 0. The van der Waals surface area contributed by atoms with Crippen LogP contribution in [0, 0.1) is 0 Å². The molecule has 0 aliphatic carbocycles. The van der Waals surface area contributed by atoms with Crippen LogP contribution in [-0.4, -0.2) is 44.1 Å². The highest BCUT2D eigenvalue weighted by atomic mass is 16.4. The number of aliphatic carboxylic acids is 2. The number of rotatable bonds is 4. The maximum Gasteiger partial charge on any atom is 0.330 e. The minimum Gasteiger partial charge on any atom is -0.478 e. The van der Waals surface area contributed by atoms with Crippen LogP contribution in [0.2, 0.25) is 0 Å². The van der Waals surface area contributed by atoms with Gasteiger partial charge in [0.1, 0.15) is 0 Å². The Balaban J connectivity index is -0.000000221. The molecule has 0 fully saturated rings. The standard InChI is InChI=1S/C6H14O2.2C4H6O2/c1-5(7)4-6(2,3)8;2*1-3(2)4(5)6/h5,7-8H,4H2,1-3H3;2*1H2,2H3,(H,5,6). The third kappa shape index (κ3) is 29.9. The van der Waals surface area contributed by atoms with Crippen molar-refractivity contribution in [3.05, 3.63) is 24.3 Å². The largest absolute Gasteiger partial charge is 0.478 e. The van der Waals surface area contributed by atoms with E-state index in [0.29, 0.717) is 6.42 Å². The molecule has 20 heavy (non-hydrogen) atoms. The summed E-state index contributed by atoms with van der Waals surface area (Å²) >= 11 is 0. The predicted octanol–water partition coefficient (Wildman–Crippen LogP) is 1.82. The van der Waals surface area contributed by atoms with Crippen molar-refractivity contribution in [2.75, 3.05) is 0 Å². The van der Waals surface area contributed by atoms with Crippen molar-refractivity contribution < 1.29 is 30.0 Å². The average Bonchev–Trinajstić information content (AvgIpc) is 2.14. The number of carboxylic acids is 2. The topological polar surface area (TPSA) is 115 Å². The second kappa shape index (κ2) is 11.2. The molecule has 0 aliphatic rings. The maximum atomic E-state index is 9.60. The van der Waals surface area contributed by atoms with Crippen LogP contribution in [0.15, 0.2) is 24.3 Å². The second-order valence-corrected chi connectivity index (χ2v) is 5.04. The summed E-state index contributed by atoms with van der Waals surface area (Å²) in [5.41, 5.74) is -0.376. The molecule has 1 unspecified atom stereocenters. The van der Waals surface area contributed by atoms with Crippen molar-refractivity contribution in [2.24, 2.45) is 0 Å². The zero-order chi connectivity index (χ0) is 17.1. The maximum absolute atomic E-state index is 9.60. The van der Waals surface area contributed by atoms with Gasteiger partial charge in [0.2, 0.25) is 0 Å². The Morgan fingerprint density at radius 3 is 1.25 bits per heavy atom. The van der Waals surface area contributed by atoms with Gasteiger partial charge in [0, 0.05) is 17.6 Å². The summed E-state index contributed by atoms with van der Waals surface area (Å²) < 4.78 is 0. The predicted molar refractivity (Wildman–Crippen MR) is 77.5 cm³/mol. The zero-order valence-corrected chi connectivity index (χ0v) is 12.8. The lowest BCUT2D eigenvalue weighted by atomic mass is 10.0. The number of carboxylic acid groups (broad SMARTS) is 2. The number of aliphatic hydroxyl groups is 2. The van der Waals surface area contributed by atoms with Crippen molar-refractivity contribution >= 4 is 11.9 Å². The molecule has 0 spiro atoms. The molecule has 0 saturated heterocycles. The third-order valence-electron chi connectivity index (χ3n) is 1.53. The number of carbonyl (C=O) groups is 2. The van der Waals surface area contributed by atoms with E-state index in [9.17, 15) is 9.59 Å². The van der Waals surface area contributed by atoms with Crippen molar-refractivity contribution in [3.63, 3.8) is 0 Å². The molecule has 0 bridgehead atoms. The molecule has 0 aromatic carbocycles. The van der Waals surface area contributed by atoms with Crippen LogP contribution < -0.4 is 0 Å². The normalized spacial score (nSPS) is 10.9. The monoisotopic (exact) mass is 290 g/mol. The molecule has 0 aliphatic heterocycles. The van der Waals surface area contributed by atoms with E-state index in [0.717, 1.165) is 0 Å². The average molecular weight is 290 g/mol. The van der Waals surface area contributed by atoms with Crippen molar-refractivity contribution in [3.8, 4) is 0 Å². The van der Waals surface area contributed by atoms with Gasteiger partial charge in [0.15, 0.2) is 0 Å². The van der Waals surface area contributed by atoms with Gasteiger partial charge in [0.25, 0.3) is 0 Å². The van der Waals surface area contributed by atoms with E-state index >= 15 is 0 Å². The summed E-state index contributed by atoms with van der Waals surface area (Å²) in [5, 5.41) is 33.5. The molecule has 0 heterocycles.